The maximum absolute atomic E-state index is 5.90. The van der Waals surface area contributed by atoms with Crippen molar-refractivity contribution in [3.05, 3.63) is 44.9 Å². The van der Waals surface area contributed by atoms with Gasteiger partial charge in [-0.3, -0.25) is 0 Å². The van der Waals surface area contributed by atoms with Crippen molar-refractivity contribution < 1.29 is 4.74 Å². The highest BCUT2D eigenvalue weighted by atomic mass is 79.9. The topological polar surface area (TPSA) is 39.1 Å². The van der Waals surface area contributed by atoms with E-state index in [0.717, 1.165) is 26.9 Å². The number of aromatic nitrogens is 2. The Kier molecular flexibility index (Phi) is 5.84. The molecule has 0 aliphatic carbocycles. The zero-order chi connectivity index (χ0) is 15.4. The molecule has 1 aromatic heterocycles. The Hall–Kier alpha value is -0.850. The molecule has 0 aliphatic rings. The average molecular weight is 417 g/mol. The fourth-order valence-corrected chi connectivity index (χ4v) is 3.35. The lowest BCUT2D eigenvalue weighted by atomic mass is 10.2. The van der Waals surface area contributed by atoms with Crippen LogP contribution in [-0.4, -0.2) is 15.6 Å². The van der Waals surface area contributed by atoms with E-state index in [1.165, 1.54) is 5.56 Å². The van der Waals surface area contributed by atoms with Crippen LogP contribution in [-0.2, 0) is 20.2 Å². The molecule has 0 atom stereocenters. The lowest BCUT2D eigenvalue weighted by molar-refractivity contribution is 0.293. The van der Waals surface area contributed by atoms with Gasteiger partial charge in [0.25, 0.3) is 0 Å². The van der Waals surface area contributed by atoms with Crippen molar-refractivity contribution in [2.24, 2.45) is 7.05 Å². The molecule has 21 heavy (non-hydrogen) atoms. The highest BCUT2D eigenvalue weighted by molar-refractivity contribution is 9.11. The van der Waals surface area contributed by atoms with Gasteiger partial charge >= 0.3 is 0 Å². The number of aryl methyl sites for hydroxylation is 1. The van der Waals surface area contributed by atoms with E-state index in [4.69, 9.17) is 4.74 Å². The van der Waals surface area contributed by atoms with Crippen LogP contribution in [0.2, 0.25) is 0 Å². The second kappa shape index (κ2) is 7.42. The molecule has 1 aromatic carbocycles. The number of halogens is 2. The summed E-state index contributed by atoms with van der Waals surface area (Å²) in [5.74, 6) is 0.810. The van der Waals surface area contributed by atoms with E-state index < -0.39 is 0 Å². The van der Waals surface area contributed by atoms with Crippen molar-refractivity contribution >= 4 is 31.9 Å². The van der Waals surface area contributed by atoms with Crippen LogP contribution in [0.4, 0.5) is 0 Å². The first kappa shape index (κ1) is 16.5. The molecule has 0 unspecified atom stereocenters. The summed E-state index contributed by atoms with van der Waals surface area (Å²) in [6, 6.07) is 4.63. The molecule has 4 nitrogen and oxygen atoms in total. The normalized spacial score (nSPS) is 11.1. The quantitative estimate of drug-likeness (QED) is 0.772. The molecule has 0 spiro atoms. The van der Waals surface area contributed by atoms with Crippen LogP contribution in [0.25, 0.3) is 0 Å². The molecule has 2 aromatic rings. The molecule has 0 amide bonds. The third-order valence-corrected chi connectivity index (χ3v) is 4.23. The largest absolute Gasteiger partial charge is 0.485 e. The van der Waals surface area contributed by atoms with Gasteiger partial charge in [-0.1, -0.05) is 13.8 Å². The van der Waals surface area contributed by atoms with Gasteiger partial charge in [-0.2, -0.15) is 0 Å². The number of benzene rings is 1. The second-order valence-electron chi connectivity index (χ2n) is 5.21. The summed E-state index contributed by atoms with van der Waals surface area (Å²) < 4.78 is 9.73. The Labute approximate surface area is 142 Å². The summed E-state index contributed by atoms with van der Waals surface area (Å²) in [6.45, 7) is 5.58. The Morgan fingerprint density at radius 1 is 1.29 bits per heavy atom. The molecule has 0 radical (unpaired) electrons. The first-order valence-corrected chi connectivity index (χ1v) is 8.35. The van der Waals surface area contributed by atoms with Gasteiger partial charge in [-0.25, -0.2) is 4.98 Å². The monoisotopic (exact) mass is 415 g/mol. The van der Waals surface area contributed by atoms with E-state index in [2.05, 4.69) is 68.1 Å². The van der Waals surface area contributed by atoms with E-state index in [9.17, 15) is 0 Å². The molecule has 1 N–H and O–H groups in total. The van der Waals surface area contributed by atoms with E-state index in [0.29, 0.717) is 12.6 Å². The molecular weight excluding hydrogens is 398 g/mol. The van der Waals surface area contributed by atoms with Crippen molar-refractivity contribution in [3.8, 4) is 5.75 Å². The van der Waals surface area contributed by atoms with E-state index >= 15 is 0 Å². The van der Waals surface area contributed by atoms with Gasteiger partial charge in [0, 0.05) is 19.6 Å². The van der Waals surface area contributed by atoms with E-state index in [-0.39, 0.29) is 0 Å². The zero-order valence-corrected chi connectivity index (χ0v) is 15.5. The summed E-state index contributed by atoms with van der Waals surface area (Å²) in [5.41, 5.74) is 2.23. The first-order valence-electron chi connectivity index (χ1n) is 6.76. The predicted octanol–water partition coefficient (Wildman–Crippen LogP) is 4.02. The minimum atomic E-state index is 0.461. The number of hydrogen-bond donors (Lipinski definition) is 1. The lowest BCUT2D eigenvalue weighted by Crippen LogP contribution is -2.21. The maximum atomic E-state index is 5.90. The standard InChI is InChI=1S/C15H19Br2N3O/c1-10(2)19-6-11-4-13(16)15(14(17)5-11)21-8-12-7-18-9-20(12)3/h4-5,7,9-10,19H,6,8H2,1-3H3. The van der Waals surface area contributed by atoms with Crippen LogP contribution >= 0.6 is 31.9 Å². The van der Waals surface area contributed by atoms with Crippen LogP contribution in [0.3, 0.4) is 0 Å². The molecule has 114 valence electrons. The van der Waals surface area contributed by atoms with Gasteiger partial charge < -0.3 is 14.6 Å². The lowest BCUT2D eigenvalue weighted by Gasteiger charge is -2.14. The number of rotatable bonds is 6. The molecule has 0 fully saturated rings. The molecule has 2 rings (SSSR count). The van der Waals surface area contributed by atoms with Crippen molar-refractivity contribution in [3.63, 3.8) is 0 Å². The Balaban J connectivity index is 2.08. The number of nitrogens with one attached hydrogen (secondary N) is 1. The Bertz CT molecular complexity index is 588. The Morgan fingerprint density at radius 3 is 2.48 bits per heavy atom. The average Bonchev–Trinajstić information content (AvgIpc) is 2.81. The maximum Gasteiger partial charge on any atom is 0.148 e. The third-order valence-electron chi connectivity index (χ3n) is 3.05. The van der Waals surface area contributed by atoms with Gasteiger partial charge in [0.2, 0.25) is 0 Å². The zero-order valence-electron chi connectivity index (χ0n) is 12.4. The minimum absolute atomic E-state index is 0.461. The molecule has 0 bridgehead atoms. The number of hydrogen-bond acceptors (Lipinski definition) is 3. The highest BCUT2D eigenvalue weighted by Crippen LogP contribution is 2.35. The smallest absolute Gasteiger partial charge is 0.148 e. The SMILES string of the molecule is CC(C)NCc1cc(Br)c(OCc2cncn2C)c(Br)c1. The molecular formula is C15H19Br2N3O. The molecule has 0 saturated heterocycles. The van der Waals surface area contributed by atoms with Crippen molar-refractivity contribution in [2.75, 3.05) is 0 Å². The van der Waals surface area contributed by atoms with Crippen LogP contribution in [0.5, 0.6) is 5.75 Å². The van der Waals surface area contributed by atoms with Gasteiger partial charge in [0.15, 0.2) is 0 Å². The van der Waals surface area contributed by atoms with E-state index in [1.807, 2.05) is 17.8 Å². The van der Waals surface area contributed by atoms with Gasteiger partial charge in [0.05, 0.1) is 27.2 Å². The van der Waals surface area contributed by atoms with Gasteiger partial charge in [-0.15, -0.1) is 0 Å². The fraction of sp³-hybridized carbons (Fsp3) is 0.400. The van der Waals surface area contributed by atoms with Crippen molar-refractivity contribution in [1.29, 1.82) is 0 Å². The van der Waals surface area contributed by atoms with Crippen LogP contribution < -0.4 is 10.1 Å². The molecule has 1 heterocycles. The van der Waals surface area contributed by atoms with Crippen LogP contribution in [0.1, 0.15) is 25.1 Å². The van der Waals surface area contributed by atoms with Crippen molar-refractivity contribution in [2.45, 2.75) is 33.0 Å². The number of nitrogens with zero attached hydrogens (tertiary/aromatic N) is 2. The third kappa shape index (κ3) is 4.56. The highest BCUT2D eigenvalue weighted by Gasteiger charge is 2.10. The number of ether oxygens (including phenoxy) is 1. The summed E-state index contributed by atoms with van der Waals surface area (Å²) in [4.78, 5) is 4.09. The molecule has 0 aliphatic heterocycles. The summed E-state index contributed by atoms with van der Waals surface area (Å²) >= 11 is 7.17. The fourth-order valence-electron chi connectivity index (χ4n) is 1.84. The van der Waals surface area contributed by atoms with E-state index in [1.54, 1.807) is 6.33 Å². The Morgan fingerprint density at radius 2 is 1.95 bits per heavy atom. The second-order valence-corrected chi connectivity index (χ2v) is 6.92. The van der Waals surface area contributed by atoms with Gasteiger partial charge in [0.1, 0.15) is 12.4 Å². The summed E-state index contributed by atoms with van der Waals surface area (Å²) in [6.07, 6.45) is 3.58. The molecule has 0 saturated carbocycles. The number of imidazole rings is 1. The first-order chi connectivity index (χ1) is 9.97. The summed E-state index contributed by atoms with van der Waals surface area (Å²) in [5, 5.41) is 3.40. The van der Waals surface area contributed by atoms with Crippen LogP contribution in [0, 0.1) is 0 Å². The minimum Gasteiger partial charge on any atom is -0.485 e. The van der Waals surface area contributed by atoms with Gasteiger partial charge in [-0.05, 0) is 49.6 Å². The van der Waals surface area contributed by atoms with Crippen molar-refractivity contribution in [1.82, 2.24) is 14.9 Å². The predicted molar refractivity (Wildman–Crippen MR) is 91.4 cm³/mol. The molecule has 6 heteroatoms. The van der Waals surface area contributed by atoms with Crippen LogP contribution in [0.15, 0.2) is 33.6 Å². The summed E-state index contributed by atoms with van der Waals surface area (Å²) in [7, 11) is 1.95.